The molecular weight excluding hydrogens is 442 g/mol. The molecule has 0 aromatic rings. The summed E-state index contributed by atoms with van der Waals surface area (Å²) in [6.45, 7) is 7.66. The Morgan fingerprint density at radius 3 is 2.44 bits per heavy atom. The summed E-state index contributed by atoms with van der Waals surface area (Å²) < 4.78 is 20.3. The van der Waals surface area contributed by atoms with E-state index in [2.05, 4.69) is 25.8 Å². The monoisotopic (exact) mass is 460 g/mol. The van der Waals surface area contributed by atoms with E-state index in [0.29, 0.717) is 11.7 Å². The maximum Gasteiger partial charge on any atom is 1.00 e. The van der Waals surface area contributed by atoms with Gasteiger partial charge in [-0.15, -0.1) is 10.2 Å². The molecule has 0 N–H and O–H groups in total. The minimum absolute atomic E-state index is 0. The fraction of sp³-hybridized carbons (Fsp3) is 0.538. The van der Waals surface area contributed by atoms with Gasteiger partial charge in [-0.25, -0.2) is 0 Å². The maximum atomic E-state index is 12.2. The van der Waals surface area contributed by atoms with Gasteiger partial charge in [0, 0.05) is 20.7 Å². The number of carbonyl (C=O) groups excluding carboxylic acids is 2. The number of carbonyl (C=O) groups is 2. The van der Waals surface area contributed by atoms with Crippen molar-refractivity contribution in [2.75, 3.05) is 20.7 Å². The van der Waals surface area contributed by atoms with Crippen LogP contribution in [0.4, 0.5) is 0 Å². The number of phosphoric acid groups is 1. The first-order valence-corrected chi connectivity index (χ1v) is 10.5. The predicted octanol–water partition coefficient (Wildman–Crippen LogP) is -2.18. The molecule has 0 aromatic carbocycles. The van der Waals surface area contributed by atoms with E-state index in [1.165, 1.54) is 23.7 Å². The van der Waals surface area contributed by atoms with Crippen LogP contribution in [-0.4, -0.2) is 63.3 Å². The molecule has 2 rings (SSSR count). The van der Waals surface area contributed by atoms with Crippen molar-refractivity contribution < 1.29 is 79.5 Å². The minimum Gasteiger partial charge on any atom is -0.756 e. The van der Waals surface area contributed by atoms with Gasteiger partial charge < -0.3 is 9.42 Å². The number of amidine groups is 2. The first-order chi connectivity index (χ1) is 12.1. The maximum absolute atomic E-state index is 12.2. The minimum atomic E-state index is -4.57. The van der Waals surface area contributed by atoms with Gasteiger partial charge >= 0.3 is 51.4 Å². The van der Waals surface area contributed by atoms with Gasteiger partial charge in [-0.2, -0.15) is 0 Å². The molecule has 2 aliphatic rings. The summed E-state index contributed by atoms with van der Waals surface area (Å²) >= 11 is 2.03. The molecule has 0 bridgehead atoms. The van der Waals surface area contributed by atoms with E-state index in [9.17, 15) is 19.0 Å². The second kappa shape index (κ2) is 10.5. The molecule has 0 aromatic heterocycles. The van der Waals surface area contributed by atoms with Gasteiger partial charge in [0.15, 0.2) is 15.8 Å². The average molecular weight is 461 g/mol. The van der Waals surface area contributed by atoms with Crippen LogP contribution < -0.4 is 56.3 Å². The first-order valence-electron chi connectivity index (χ1n) is 7.33. The van der Waals surface area contributed by atoms with Gasteiger partial charge in [0.05, 0.1) is 5.25 Å². The quantitative estimate of drug-likeness (QED) is 0.190. The van der Waals surface area contributed by atoms with E-state index >= 15 is 0 Å². The molecule has 2 amide bonds. The molecule has 2 aliphatic heterocycles. The summed E-state index contributed by atoms with van der Waals surface area (Å²) in [6, 6.07) is 0. The van der Waals surface area contributed by atoms with E-state index < -0.39 is 19.2 Å². The summed E-state index contributed by atoms with van der Waals surface area (Å²) in [4.78, 5) is 38.2. The Morgan fingerprint density at radius 1 is 1.30 bits per heavy atom. The molecule has 0 saturated carbocycles. The molecule has 10 nitrogen and oxygen atoms in total. The molecule has 144 valence electrons. The van der Waals surface area contributed by atoms with Gasteiger partial charge in [0.1, 0.15) is 0 Å². The van der Waals surface area contributed by atoms with Gasteiger partial charge in [0.25, 0.3) is 13.7 Å². The number of phosphoric ester groups is 1. The van der Waals surface area contributed by atoms with Crippen molar-refractivity contribution in [2.45, 2.75) is 24.5 Å². The van der Waals surface area contributed by atoms with Crippen molar-refractivity contribution in [2.24, 2.45) is 10.2 Å². The third-order valence-electron chi connectivity index (χ3n) is 3.26. The molecular formula is C13H18KN4O6PS2. The molecule has 0 radical (unpaired) electrons. The molecule has 27 heavy (non-hydrogen) atoms. The standard InChI is InChI=1S/C13H19N4O6PS2.K/c1-7(2)6-17-9(18)8(3)25-13(17)15-14-12-16(4)10(19)11(26-12)23-24(20,21)22-5;/h8,11H,1,6H2,2-5H3,(H,20,21);/q;+1/p-1. The zero-order chi connectivity index (χ0) is 19.6. The third kappa shape index (κ3) is 6.47. The van der Waals surface area contributed by atoms with E-state index in [-0.39, 0.29) is 67.7 Å². The van der Waals surface area contributed by atoms with Crippen LogP contribution >= 0.6 is 31.3 Å². The summed E-state index contributed by atoms with van der Waals surface area (Å²) in [5, 5.41) is 8.28. The zero-order valence-electron chi connectivity index (χ0n) is 15.6. The van der Waals surface area contributed by atoms with Crippen LogP contribution in [0.25, 0.3) is 0 Å². The van der Waals surface area contributed by atoms with Crippen molar-refractivity contribution >= 4 is 53.5 Å². The van der Waals surface area contributed by atoms with Crippen LogP contribution in [0.3, 0.4) is 0 Å². The normalized spacial score (nSPS) is 28.0. The number of hydrogen-bond donors (Lipinski definition) is 0. The van der Waals surface area contributed by atoms with Crippen LogP contribution in [0.1, 0.15) is 13.8 Å². The van der Waals surface area contributed by atoms with E-state index in [1.807, 2.05) is 0 Å². The number of hydrogen-bond acceptors (Lipinski definition) is 10. The van der Waals surface area contributed by atoms with Gasteiger partial charge in [-0.1, -0.05) is 23.9 Å². The summed E-state index contributed by atoms with van der Waals surface area (Å²) in [5.41, 5.74) is -0.541. The SMILES string of the molecule is C=C(C)CN1C(=O)C(C)SC1=NN=C1SC(OP(=O)([O-])OC)C(=O)N1C.[K+]. The van der Waals surface area contributed by atoms with Crippen molar-refractivity contribution in [1.82, 2.24) is 9.80 Å². The van der Waals surface area contributed by atoms with Crippen LogP contribution in [0.2, 0.25) is 0 Å². The molecule has 14 heteroatoms. The molecule has 2 heterocycles. The number of rotatable bonds is 6. The largest absolute Gasteiger partial charge is 1.00 e. The Morgan fingerprint density at radius 2 is 1.89 bits per heavy atom. The zero-order valence-corrected chi connectivity index (χ0v) is 21.2. The Bertz CT molecular complexity index is 748. The van der Waals surface area contributed by atoms with Crippen molar-refractivity contribution in [3.63, 3.8) is 0 Å². The van der Waals surface area contributed by atoms with E-state index in [1.54, 1.807) is 13.8 Å². The van der Waals surface area contributed by atoms with Crippen molar-refractivity contribution in [3.8, 4) is 0 Å². The Kier molecular flexibility index (Phi) is 9.90. The molecule has 2 fully saturated rings. The third-order valence-corrected chi connectivity index (χ3v) is 6.46. The molecule has 2 saturated heterocycles. The van der Waals surface area contributed by atoms with E-state index in [4.69, 9.17) is 0 Å². The second-order valence-corrected chi connectivity index (χ2v) is 9.30. The smallest absolute Gasteiger partial charge is 0.756 e. The van der Waals surface area contributed by atoms with Crippen molar-refractivity contribution in [3.05, 3.63) is 12.2 Å². The predicted molar refractivity (Wildman–Crippen MR) is 98.3 cm³/mol. The number of likely N-dealkylation sites (N-methyl/N-ethyl adjacent to an activating group) is 1. The van der Waals surface area contributed by atoms with Crippen LogP contribution in [0, 0.1) is 0 Å². The van der Waals surface area contributed by atoms with Gasteiger partial charge in [0.2, 0.25) is 5.91 Å². The fourth-order valence-electron chi connectivity index (χ4n) is 1.96. The first kappa shape index (κ1) is 25.5. The number of thioether (sulfide) groups is 2. The average Bonchev–Trinajstić information content (AvgIpc) is 2.97. The van der Waals surface area contributed by atoms with Gasteiger partial charge in [-0.05, 0) is 25.6 Å². The molecule has 0 aliphatic carbocycles. The van der Waals surface area contributed by atoms with E-state index in [0.717, 1.165) is 29.3 Å². The summed E-state index contributed by atoms with van der Waals surface area (Å²) in [7, 11) is -2.21. The number of nitrogens with zero attached hydrogens (tertiary/aromatic N) is 4. The Hall–Kier alpha value is 0.466. The van der Waals surface area contributed by atoms with Crippen LogP contribution in [0.15, 0.2) is 22.4 Å². The van der Waals surface area contributed by atoms with Crippen molar-refractivity contribution in [1.29, 1.82) is 0 Å². The Labute approximate surface area is 208 Å². The van der Waals surface area contributed by atoms with Crippen LogP contribution in [0.5, 0.6) is 0 Å². The molecule has 3 atom stereocenters. The number of amides is 2. The molecule has 0 spiro atoms. The van der Waals surface area contributed by atoms with Crippen LogP contribution in [-0.2, 0) is 23.2 Å². The summed E-state index contributed by atoms with van der Waals surface area (Å²) in [6.07, 6.45) is 0. The topological polar surface area (TPSA) is 124 Å². The fourth-order valence-corrected chi connectivity index (χ4v) is 4.56. The Balaban J connectivity index is 0.00000364. The summed E-state index contributed by atoms with van der Waals surface area (Å²) in [5.74, 6) is -0.710. The van der Waals surface area contributed by atoms with Gasteiger partial charge in [-0.3, -0.25) is 28.5 Å². The second-order valence-electron chi connectivity index (χ2n) is 5.49. The molecule has 3 unspecified atom stereocenters.